The second kappa shape index (κ2) is 14.0. The second-order valence-electron chi connectivity index (χ2n) is 5.52. The smallest absolute Gasteiger partial charge is 0.320 e. The molecule has 0 radical (unpaired) electrons. The molecule has 0 saturated carbocycles. The van der Waals surface area contributed by atoms with Gasteiger partial charge in [-0.3, -0.25) is 9.59 Å². The van der Waals surface area contributed by atoms with Crippen LogP contribution >= 0.6 is 0 Å². The third kappa shape index (κ3) is 12.5. The molecular formula is C16H31NO4. The molecular weight excluding hydrogens is 270 g/mol. The topological polar surface area (TPSA) is 86.6 Å². The fourth-order valence-corrected chi connectivity index (χ4v) is 2.23. The van der Waals surface area contributed by atoms with Gasteiger partial charge in [-0.25, -0.2) is 0 Å². The van der Waals surface area contributed by atoms with Crippen molar-refractivity contribution in [1.82, 2.24) is 5.32 Å². The Hall–Kier alpha value is -0.940. The molecule has 3 N–H and O–H groups in total. The van der Waals surface area contributed by atoms with E-state index in [1.54, 1.807) is 0 Å². The average molecular weight is 301 g/mol. The quantitative estimate of drug-likeness (QED) is 0.405. The molecule has 0 aromatic carbocycles. The number of aliphatic carboxylic acids is 1. The van der Waals surface area contributed by atoms with Crippen LogP contribution < -0.4 is 5.32 Å². The lowest BCUT2D eigenvalue weighted by Crippen LogP contribution is -2.38. The largest absolute Gasteiger partial charge is 0.480 e. The zero-order valence-electron chi connectivity index (χ0n) is 13.3. The van der Waals surface area contributed by atoms with E-state index in [0.29, 0.717) is 19.4 Å². The number of hydrogen-bond acceptors (Lipinski definition) is 4. The minimum atomic E-state index is -0.983. The van der Waals surface area contributed by atoms with Crippen molar-refractivity contribution in [1.29, 1.82) is 0 Å². The minimum Gasteiger partial charge on any atom is -0.480 e. The van der Waals surface area contributed by atoms with E-state index in [-0.39, 0.29) is 18.8 Å². The Balaban J connectivity index is 3.51. The van der Waals surface area contributed by atoms with Crippen LogP contribution in [0.25, 0.3) is 0 Å². The van der Waals surface area contributed by atoms with Crippen molar-refractivity contribution in [3.05, 3.63) is 0 Å². The number of aliphatic hydroxyl groups is 1. The summed E-state index contributed by atoms with van der Waals surface area (Å²) < 4.78 is 0. The third-order valence-corrected chi connectivity index (χ3v) is 3.57. The van der Waals surface area contributed by atoms with Crippen LogP contribution in [0.15, 0.2) is 0 Å². The fourth-order valence-electron chi connectivity index (χ4n) is 2.23. The lowest BCUT2D eigenvalue weighted by atomic mass is 10.1. The van der Waals surface area contributed by atoms with E-state index < -0.39 is 12.0 Å². The molecule has 0 heterocycles. The summed E-state index contributed by atoms with van der Waals surface area (Å²) in [6, 6.07) is -0.763. The van der Waals surface area contributed by atoms with Crippen molar-refractivity contribution in [2.24, 2.45) is 0 Å². The first kappa shape index (κ1) is 20.1. The van der Waals surface area contributed by atoms with Gasteiger partial charge in [-0.05, 0) is 12.8 Å². The van der Waals surface area contributed by atoms with Gasteiger partial charge in [0, 0.05) is 26.0 Å². The summed E-state index contributed by atoms with van der Waals surface area (Å²) in [5.74, 6) is -0.798. The summed E-state index contributed by atoms with van der Waals surface area (Å²) in [7, 11) is 0. The van der Waals surface area contributed by atoms with Crippen molar-refractivity contribution >= 4 is 11.8 Å². The van der Waals surface area contributed by atoms with Crippen molar-refractivity contribution in [2.45, 2.75) is 77.2 Å². The van der Waals surface area contributed by atoms with Crippen molar-refractivity contribution < 1.29 is 19.8 Å². The number of aliphatic hydroxyl groups excluding tert-OH is 1. The molecule has 0 amide bonds. The number of carbonyl (C=O) groups is 2. The van der Waals surface area contributed by atoms with Crippen LogP contribution in [0, 0.1) is 0 Å². The van der Waals surface area contributed by atoms with Crippen LogP contribution in [-0.2, 0) is 9.59 Å². The van der Waals surface area contributed by atoms with Crippen LogP contribution in [-0.4, -0.2) is 41.2 Å². The van der Waals surface area contributed by atoms with E-state index >= 15 is 0 Å². The zero-order chi connectivity index (χ0) is 15.9. The highest BCUT2D eigenvalue weighted by atomic mass is 16.4. The van der Waals surface area contributed by atoms with Gasteiger partial charge in [-0.1, -0.05) is 45.4 Å². The molecule has 0 aliphatic carbocycles. The summed E-state index contributed by atoms with van der Waals surface area (Å²) >= 11 is 0. The molecule has 0 aliphatic heterocycles. The number of carboxylic acid groups (broad SMARTS) is 1. The minimum absolute atomic E-state index is 0.168. The molecule has 0 fully saturated rings. The van der Waals surface area contributed by atoms with Gasteiger partial charge in [0.2, 0.25) is 0 Å². The Kier molecular flexibility index (Phi) is 13.4. The van der Waals surface area contributed by atoms with Crippen molar-refractivity contribution in [2.75, 3.05) is 13.2 Å². The van der Waals surface area contributed by atoms with E-state index in [1.807, 2.05) is 0 Å². The molecule has 1 atom stereocenters. The van der Waals surface area contributed by atoms with Gasteiger partial charge < -0.3 is 15.5 Å². The first-order chi connectivity index (χ1) is 10.1. The van der Waals surface area contributed by atoms with Crippen LogP contribution in [0.5, 0.6) is 0 Å². The Morgan fingerprint density at radius 3 is 2.19 bits per heavy atom. The molecule has 5 nitrogen and oxygen atoms in total. The molecule has 21 heavy (non-hydrogen) atoms. The van der Waals surface area contributed by atoms with Crippen LogP contribution in [0.4, 0.5) is 0 Å². The zero-order valence-corrected chi connectivity index (χ0v) is 13.3. The number of hydrogen-bond donors (Lipinski definition) is 3. The maximum absolute atomic E-state index is 11.7. The van der Waals surface area contributed by atoms with Crippen molar-refractivity contribution in [3.63, 3.8) is 0 Å². The molecule has 0 spiro atoms. The van der Waals surface area contributed by atoms with Crippen LogP contribution in [0.2, 0.25) is 0 Å². The van der Waals surface area contributed by atoms with E-state index in [4.69, 9.17) is 10.2 Å². The Bertz CT molecular complexity index is 281. The standard InChI is InChI=1S/C16H31NO4/c1-2-3-4-5-6-7-8-9-14(19)10-12-17-15(11-13-18)16(20)21/h15,17-18H,2-13H2,1H3,(H,20,21). The van der Waals surface area contributed by atoms with Gasteiger partial charge in [0.05, 0.1) is 0 Å². The monoisotopic (exact) mass is 301 g/mol. The van der Waals surface area contributed by atoms with E-state index in [1.165, 1.54) is 32.1 Å². The number of carbonyl (C=O) groups excluding carboxylic acids is 1. The van der Waals surface area contributed by atoms with Gasteiger partial charge in [-0.15, -0.1) is 0 Å². The molecule has 0 aromatic heterocycles. The summed E-state index contributed by atoms with van der Waals surface area (Å²) in [5, 5.41) is 20.4. The van der Waals surface area contributed by atoms with E-state index in [2.05, 4.69) is 12.2 Å². The Labute approximate surface area is 128 Å². The summed E-state index contributed by atoms with van der Waals surface area (Å²) in [6.45, 7) is 2.39. The van der Waals surface area contributed by atoms with Crippen LogP contribution in [0.3, 0.4) is 0 Å². The molecule has 0 aromatic rings. The predicted molar refractivity (Wildman–Crippen MR) is 83.4 cm³/mol. The van der Waals surface area contributed by atoms with Crippen molar-refractivity contribution in [3.8, 4) is 0 Å². The second-order valence-corrected chi connectivity index (χ2v) is 5.52. The maximum atomic E-state index is 11.7. The number of rotatable bonds is 15. The van der Waals surface area contributed by atoms with E-state index in [9.17, 15) is 9.59 Å². The van der Waals surface area contributed by atoms with Gasteiger partial charge in [0.25, 0.3) is 0 Å². The average Bonchev–Trinajstić information content (AvgIpc) is 2.45. The fraction of sp³-hybridized carbons (Fsp3) is 0.875. The SMILES string of the molecule is CCCCCCCCCC(=O)CCNC(CCO)C(=O)O. The number of unbranched alkanes of at least 4 members (excludes halogenated alkanes) is 6. The maximum Gasteiger partial charge on any atom is 0.320 e. The number of nitrogens with one attached hydrogen (secondary N) is 1. The highest BCUT2D eigenvalue weighted by Crippen LogP contribution is 2.09. The molecule has 0 bridgehead atoms. The molecule has 0 rings (SSSR count). The normalized spacial score (nSPS) is 12.3. The Morgan fingerprint density at radius 2 is 1.62 bits per heavy atom. The summed E-state index contributed by atoms with van der Waals surface area (Å²) in [4.78, 5) is 22.5. The summed E-state index contributed by atoms with van der Waals surface area (Å²) in [5.41, 5.74) is 0. The predicted octanol–water partition coefficient (Wildman–Crippen LogP) is 2.51. The highest BCUT2D eigenvalue weighted by molar-refractivity contribution is 5.78. The molecule has 0 saturated heterocycles. The van der Waals surface area contributed by atoms with Gasteiger partial charge in [-0.2, -0.15) is 0 Å². The first-order valence-electron chi connectivity index (χ1n) is 8.20. The number of Topliss-reactive ketones (excluding diaryl/α,β-unsaturated/α-hetero) is 1. The van der Waals surface area contributed by atoms with Gasteiger partial charge >= 0.3 is 5.97 Å². The van der Waals surface area contributed by atoms with E-state index in [0.717, 1.165) is 12.8 Å². The molecule has 0 aliphatic rings. The lowest BCUT2D eigenvalue weighted by Gasteiger charge is -2.12. The number of carboxylic acids is 1. The summed E-state index contributed by atoms with van der Waals surface area (Å²) in [6.07, 6.45) is 9.45. The van der Waals surface area contributed by atoms with Gasteiger partial charge in [0.15, 0.2) is 0 Å². The molecule has 124 valence electrons. The molecule has 1 unspecified atom stereocenters. The molecule has 5 heteroatoms. The van der Waals surface area contributed by atoms with Crippen LogP contribution in [0.1, 0.15) is 71.1 Å². The van der Waals surface area contributed by atoms with Gasteiger partial charge in [0.1, 0.15) is 11.8 Å². The highest BCUT2D eigenvalue weighted by Gasteiger charge is 2.15. The number of ketones is 1. The third-order valence-electron chi connectivity index (χ3n) is 3.57. The first-order valence-corrected chi connectivity index (χ1v) is 8.20. The Morgan fingerprint density at radius 1 is 1.00 bits per heavy atom. The lowest BCUT2D eigenvalue weighted by molar-refractivity contribution is -0.140.